The number of carbonyl (C=O) groups excluding carboxylic acids is 1. The van der Waals surface area contributed by atoms with Crippen LogP contribution >= 0.6 is 0 Å². The highest BCUT2D eigenvalue weighted by atomic mass is 16.7. The number of rotatable bonds is 8. The van der Waals surface area contributed by atoms with E-state index in [1.54, 1.807) is 0 Å². The number of H-pyrrole nitrogens is 1. The molecule has 0 bridgehead atoms. The number of aryl methyl sites for hydroxylation is 1. The van der Waals surface area contributed by atoms with Crippen molar-refractivity contribution in [1.82, 2.24) is 10.3 Å². The summed E-state index contributed by atoms with van der Waals surface area (Å²) in [6, 6.07) is 8.27. The van der Waals surface area contributed by atoms with Crippen LogP contribution in [0.5, 0.6) is 0 Å². The van der Waals surface area contributed by atoms with Crippen LogP contribution in [0, 0.1) is 5.92 Å². The fourth-order valence-electron chi connectivity index (χ4n) is 3.53. The highest BCUT2D eigenvalue weighted by Crippen LogP contribution is 2.26. The molecule has 1 saturated heterocycles. The second-order valence-electron chi connectivity index (χ2n) is 7.16. The van der Waals surface area contributed by atoms with Crippen molar-refractivity contribution < 1.29 is 14.3 Å². The summed E-state index contributed by atoms with van der Waals surface area (Å²) < 4.78 is 11.2. The van der Waals surface area contributed by atoms with Gasteiger partial charge in [-0.3, -0.25) is 4.79 Å². The lowest BCUT2D eigenvalue weighted by molar-refractivity contribution is -0.154. The lowest BCUT2D eigenvalue weighted by Gasteiger charge is -2.26. The number of hydrogen-bond donors (Lipinski definition) is 2. The lowest BCUT2D eigenvalue weighted by Crippen LogP contribution is -2.34. The van der Waals surface area contributed by atoms with Crippen LogP contribution in [0.3, 0.4) is 0 Å². The van der Waals surface area contributed by atoms with Crippen LogP contribution in [-0.2, 0) is 20.7 Å². The highest BCUT2D eigenvalue weighted by molar-refractivity contribution is 5.83. The maximum atomic E-state index is 12.1. The summed E-state index contributed by atoms with van der Waals surface area (Å²) >= 11 is 0. The fourth-order valence-corrected chi connectivity index (χ4v) is 3.53. The minimum Gasteiger partial charge on any atom is -0.361 e. The molecule has 0 unspecified atom stereocenters. The molecule has 0 radical (unpaired) electrons. The highest BCUT2D eigenvalue weighted by Gasteiger charge is 2.32. The molecule has 1 fully saturated rings. The second kappa shape index (κ2) is 8.02. The molecular formula is C20H28N2O3. The van der Waals surface area contributed by atoms with Gasteiger partial charge in [-0.05, 0) is 37.3 Å². The average Bonchev–Trinajstić information content (AvgIpc) is 3.20. The summed E-state index contributed by atoms with van der Waals surface area (Å²) in [4.78, 5) is 15.4. The van der Waals surface area contributed by atoms with Crippen molar-refractivity contribution in [2.24, 2.45) is 5.92 Å². The van der Waals surface area contributed by atoms with E-state index in [0.717, 1.165) is 24.8 Å². The predicted octanol–water partition coefficient (Wildman–Crippen LogP) is 3.40. The van der Waals surface area contributed by atoms with Gasteiger partial charge in [0, 0.05) is 36.5 Å². The molecule has 3 rings (SSSR count). The SMILES string of the molecule is C[C@H](CNC(=O)CCCc1c[nH]c2ccccc12)CC1(C)OCCO1. The first-order chi connectivity index (χ1) is 12.1. The number of carbonyl (C=O) groups is 1. The Kier molecular flexibility index (Phi) is 5.76. The zero-order valence-electron chi connectivity index (χ0n) is 15.1. The molecule has 25 heavy (non-hydrogen) atoms. The molecule has 0 spiro atoms. The topological polar surface area (TPSA) is 63.4 Å². The Balaban J connectivity index is 1.36. The third-order valence-electron chi connectivity index (χ3n) is 4.79. The van der Waals surface area contributed by atoms with Gasteiger partial charge in [0.15, 0.2) is 5.79 Å². The average molecular weight is 344 g/mol. The number of hydrogen-bond acceptors (Lipinski definition) is 3. The molecule has 1 atom stereocenters. The van der Waals surface area contributed by atoms with Crippen LogP contribution < -0.4 is 5.32 Å². The summed E-state index contributed by atoms with van der Waals surface area (Å²) in [6.45, 7) is 6.06. The van der Waals surface area contributed by atoms with E-state index < -0.39 is 5.79 Å². The van der Waals surface area contributed by atoms with Gasteiger partial charge in [0.05, 0.1) is 13.2 Å². The van der Waals surface area contributed by atoms with Crippen LogP contribution in [-0.4, -0.2) is 36.4 Å². The van der Waals surface area contributed by atoms with Crippen molar-refractivity contribution in [2.75, 3.05) is 19.8 Å². The van der Waals surface area contributed by atoms with Gasteiger partial charge in [-0.1, -0.05) is 25.1 Å². The fraction of sp³-hybridized carbons (Fsp3) is 0.550. The summed E-state index contributed by atoms with van der Waals surface area (Å²) in [5, 5.41) is 4.28. The van der Waals surface area contributed by atoms with Gasteiger partial charge >= 0.3 is 0 Å². The molecular weight excluding hydrogens is 316 g/mol. The maximum Gasteiger partial charge on any atom is 0.220 e. The first-order valence-corrected chi connectivity index (χ1v) is 9.15. The summed E-state index contributed by atoms with van der Waals surface area (Å²) in [5.74, 6) is -0.0507. The van der Waals surface area contributed by atoms with Crippen LogP contribution in [0.1, 0.15) is 38.7 Å². The smallest absolute Gasteiger partial charge is 0.220 e. The molecule has 1 aromatic heterocycles. The standard InChI is InChI=1S/C20H28N2O3/c1-15(12-20(2)24-10-11-25-20)13-22-19(23)9-5-6-16-14-21-18-8-4-3-7-17(16)18/h3-4,7-8,14-15,21H,5-6,9-13H2,1-2H3,(H,22,23)/t15-/m0/s1. The largest absolute Gasteiger partial charge is 0.361 e. The maximum absolute atomic E-state index is 12.1. The van der Waals surface area contributed by atoms with Crippen molar-refractivity contribution in [1.29, 1.82) is 0 Å². The molecule has 0 saturated carbocycles. The predicted molar refractivity (Wildman–Crippen MR) is 98.3 cm³/mol. The van der Waals surface area contributed by atoms with Crippen molar-refractivity contribution in [3.05, 3.63) is 36.0 Å². The second-order valence-corrected chi connectivity index (χ2v) is 7.16. The van der Waals surface area contributed by atoms with Crippen molar-refractivity contribution in [3.8, 4) is 0 Å². The number of ether oxygens (including phenoxy) is 2. The molecule has 5 heteroatoms. The Morgan fingerprint density at radius 2 is 2.08 bits per heavy atom. The van der Waals surface area contributed by atoms with Crippen molar-refractivity contribution in [2.45, 2.75) is 45.3 Å². The molecule has 5 nitrogen and oxygen atoms in total. The van der Waals surface area contributed by atoms with Crippen LogP contribution in [0.25, 0.3) is 10.9 Å². The first-order valence-electron chi connectivity index (χ1n) is 9.15. The van der Waals surface area contributed by atoms with Gasteiger partial charge in [-0.2, -0.15) is 0 Å². The number of aromatic amines is 1. The Morgan fingerprint density at radius 1 is 1.32 bits per heavy atom. The van der Waals surface area contributed by atoms with Gasteiger partial charge in [0.2, 0.25) is 5.91 Å². The van der Waals surface area contributed by atoms with Gasteiger partial charge in [-0.25, -0.2) is 0 Å². The van der Waals surface area contributed by atoms with E-state index in [4.69, 9.17) is 9.47 Å². The number of amides is 1. The van der Waals surface area contributed by atoms with Gasteiger partial charge in [0.1, 0.15) is 0 Å². The number of benzene rings is 1. The Bertz CT molecular complexity index is 704. The van der Waals surface area contributed by atoms with Gasteiger partial charge in [-0.15, -0.1) is 0 Å². The minimum atomic E-state index is -0.487. The van der Waals surface area contributed by atoms with E-state index in [0.29, 0.717) is 32.1 Å². The number of aromatic nitrogens is 1. The molecule has 1 aromatic carbocycles. The zero-order chi connectivity index (χ0) is 17.7. The van der Waals surface area contributed by atoms with E-state index in [1.165, 1.54) is 10.9 Å². The quantitative estimate of drug-likeness (QED) is 0.771. The number of para-hydroxylation sites is 1. The van der Waals surface area contributed by atoms with Gasteiger partial charge < -0.3 is 19.8 Å². The Morgan fingerprint density at radius 3 is 2.88 bits per heavy atom. The van der Waals surface area contributed by atoms with E-state index in [9.17, 15) is 4.79 Å². The monoisotopic (exact) mass is 344 g/mol. The summed E-state index contributed by atoms with van der Waals surface area (Å²) in [7, 11) is 0. The van der Waals surface area contributed by atoms with Crippen molar-refractivity contribution >= 4 is 16.8 Å². The minimum absolute atomic E-state index is 0.116. The Labute approximate surface area is 149 Å². The normalized spacial score (nSPS) is 17.7. The molecule has 2 aromatic rings. The van der Waals surface area contributed by atoms with Gasteiger partial charge in [0.25, 0.3) is 0 Å². The molecule has 2 heterocycles. The zero-order valence-corrected chi connectivity index (χ0v) is 15.1. The Hall–Kier alpha value is -1.85. The molecule has 2 N–H and O–H groups in total. The van der Waals surface area contributed by atoms with E-state index in [1.807, 2.05) is 25.3 Å². The van der Waals surface area contributed by atoms with E-state index in [-0.39, 0.29) is 5.91 Å². The third kappa shape index (κ3) is 4.83. The first kappa shape index (κ1) is 18.0. The van der Waals surface area contributed by atoms with Crippen LogP contribution in [0.2, 0.25) is 0 Å². The van der Waals surface area contributed by atoms with Crippen LogP contribution in [0.15, 0.2) is 30.5 Å². The molecule has 1 aliphatic heterocycles. The van der Waals surface area contributed by atoms with Crippen LogP contribution in [0.4, 0.5) is 0 Å². The third-order valence-corrected chi connectivity index (χ3v) is 4.79. The molecule has 1 aliphatic rings. The number of fused-ring (bicyclic) bond motifs is 1. The van der Waals surface area contributed by atoms with Crippen molar-refractivity contribution in [3.63, 3.8) is 0 Å². The van der Waals surface area contributed by atoms with E-state index >= 15 is 0 Å². The molecule has 0 aliphatic carbocycles. The summed E-state index contributed by atoms with van der Waals surface area (Å²) in [5.41, 5.74) is 2.43. The molecule has 136 valence electrons. The number of nitrogens with one attached hydrogen (secondary N) is 2. The van der Waals surface area contributed by atoms with E-state index in [2.05, 4.69) is 29.4 Å². The summed E-state index contributed by atoms with van der Waals surface area (Å²) in [6.07, 6.45) is 5.16. The lowest BCUT2D eigenvalue weighted by atomic mass is 10.0. The molecule has 1 amide bonds.